The third-order valence-electron chi connectivity index (χ3n) is 3.51. The van der Waals surface area contributed by atoms with Gasteiger partial charge in [0.05, 0.1) is 24.3 Å². The van der Waals surface area contributed by atoms with Gasteiger partial charge in [-0.3, -0.25) is 0 Å². The maximum Gasteiger partial charge on any atom is 0.317 e. The molecule has 2 amide bonds. The minimum Gasteiger partial charge on any atom is -0.469 e. The first-order valence-corrected chi connectivity index (χ1v) is 8.44. The van der Waals surface area contributed by atoms with E-state index in [1.807, 2.05) is 13.0 Å². The number of sulfone groups is 1. The van der Waals surface area contributed by atoms with Crippen molar-refractivity contribution in [3.63, 3.8) is 0 Å². The lowest BCUT2D eigenvalue weighted by Gasteiger charge is -2.26. The van der Waals surface area contributed by atoms with Crippen molar-refractivity contribution in [3.8, 4) is 0 Å². The highest BCUT2D eigenvalue weighted by Crippen LogP contribution is 2.14. The van der Waals surface area contributed by atoms with Crippen LogP contribution in [-0.2, 0) is 16.4 Å². The van der Waals surface area contributed by atoms with Crippen molar-refractivity contribution in [2.75, 3.05) is 18.6 Å². The molecule has 1 aromatic rings. The Labute approximate surface area is 119 Å². The van der Waals surface area contributed by atoms with E-state index in [1.165, 1.54) is 4.90 Å². The fraction of sp³-hybridized carbons (Fsp3) is 0.615. The smallest absolute Gasteiger partial charge is 0.317 e. The van der Waals surface area contributed by atoms with E-state index in [0.717, 1.165) is 11.3 Å². The van der Waals surface area contributed by atoms with E-state index in [0.29, 0.717) is 19.4 Å². The fourth-order valence-electron chi connectivity index (χ4n) is 2.32. The summed E-state index contributed by atoms with van der Waals surface area (Å²) in [6.07, 6.45) is 2.91. The molecule has 1 fully saturated rings. The summed E-state index contributed by atoms with van der Waals surface area (Å²) in [4.78, 5) is 13.6. The molecule has 1 unspecified atom stereocenters. The molecule has 20 heavy (non-hydrogen) atoms. The van der Waals surface area contributed by atoms with Gasteiger partial charge in [-0.2, -0.15) is 0 Å². The van der Waals surface area contributed by atoms with Gasteiger partial charge in [0.1, 0.15) is 5.76 Å². The Morgan fingerprint density at radius 3 is 2.90 bits per heavy atom. The number of nitrogens with one attached hydrogen (secondary N) is 1. The van der Waals surface area contributed by atoms with Crippen molar-refractivity contribution in [1.82, 2.24) is 10.2 Å². The van der Waals surface area contributed by atoms with Gasteiger partial charge in [0.25, 0.3) is 0 Å². The Morgan fingerprint density at radius 1 is 1.55 bits per heavy atom. The van der Waals surface area contributed by atoms with Crippen LogP contribution < -0.4 is 5.32 Å². The van der Waals surface area contributed by atoms with Crippen LogP contribution in [0, 0.1) is 6.92 Å². The summed E-state index contributed by atoms with van der Waals surface area (Å²) in [5, 5.41) is 2.78. The summed E-state index contributed by atoms with van der Waals surface area (Å²) < 4.78 is 28.3. The predicted octanol–water partition coefficient (Wildman–Crippen LogP) is 1.31. The number of nitrogens with zero attached hydrogens (tertiary/aromatic N) is 1. The highest BCUT2D eigenvalue weighted by Gasteiger charge is 2.26. The van der Waals surface area contributed by atoms with E-state index >= 15 is 0 Å². The van der Waals surface area contributed by atoms with Crippen LogP contribution in [0.1, 0.15) is 24.2 Å². The maximum atomic E-state index is 12.0. The van der Waals surface area contributed by atoms with Crippen LogP contribution in [0.5, 0.6) is 0 Å². The molecule has 2 rings (SSSR count). The molecule has 0 bridgehead atoms. The molecule has 7 heteroatoms. The Balaban J connectivity index is 1.89. The quantitative estimate of drug-likeness (QED) is 0.912. The van der Waals surface area contributed by atoms with Gasteiger partial charge in [0.2, 0.25) is 0 Å². The molecule has 0 aromatic carbocycles. The summed E-state index contributed by atoms with van der Waals surface area (Å²) in [7, 11) is -1.33. The third kappa shape index (κ3) is 3.75. The molecular weight excluding hydrogens is 280 g/mol. The molecule has 1 atom stereocenters. The van der Waals surface area contributed by atoms with E-state index in [-0.39, 0.29) is 23.6 Å². The van der Waals surface area contributed by atoms with Gasteiger partial charge in [0, 0.05) is 18.7 Å². The zero-order valence-electron chi connectivity index (χ0n) is 11.8. The number of hydrogen-bond donors (Lipinski definition) is 1. The number of carbonyl (C=O) groups is 1. The number of aryl methyl sites for hydroxylation is 1. The van der Waals surface area contributed by atoms with Crippen LogP contribution in [0.2, 0.25) is 0 Å². The molecule has 2 heterocycles. The minimum atomic E-state index is -3.01. The van der Waals surface area contributed by atoms with Crippen molar-refractivity contribution < 1.29 is 17.6 Å². The van der Waals surface area contributed by atoms with Crippen molar-refractivity contribution in [2.45, 2.75) is 32.4 Å². The van der Waals surface area contributed by atoms with E-state index < -0.39 is 9.84 Å². The van der Waals surface area contributed by atoms with Gasteiger partial charge in [0.15, 0.2) is 9.84 Å². The lowest BCUT2D eigenvalue weighted by Crippen LogP contribution is -2.47. The summed E-state index contributed by atoms with van der Waals surface area (Å²) in [6, 6.07) is 1.28. The topological polar surface area (TPSA) is 79.6 Å². The molecule has 112 valence electrons. The molecule has 0 spiro atoms. The summed E-state index contributed by atoms with van der Waals surface area (Å²) in [6.45, 7) is 2.28. The molecule has 1 aliphatic rings. The molecule has 1 saturated heterocycles. The number of carbonyl (C=O) groups excluding carboxylic acids is 1. The van der Waals surface area contributed by atoms with Crippen molar-refractivity contribution in [3.05, 3.63) is 23.7 Å². The minimum absolute atomic E-state index is 0.0390. The third-order valence-corrected chi connectivity index (χ3v) is 5.33. The summed E-state index contributed by atoms with van der Waals surface area (Å²) >= 11 is 0. The van der Waals surface area contributed by atoms with Gasteiger partial charge < -0.3 is 14.6 Å². The van der Waals surface area contributed by atoms with Crippen molar-refractivity contribution in [1.29, 1.82) is 0 Å². The van der Waals surface area contributed by atoms with Crippen LogP contribution in [0.4, 0.5) is 4.79 Å². The Kier molecular flexibility index (Phi) is 4.37. The van der Waals surface area contributed by atoms with Crippen LogP contribution in [-0.4, -0.2) is 43.9 Å². The number of furan rings is 1. The molecule has 0 radical (unpaired) electrons. The number of rotatable bonds is 3. The van der Waals surface area contributed by atoms with Crippen LogP contribution >= 0.6 is 0 Å². The first kappa shape index (κ1) is 14.9. The Bertz CT molecular complexity index is 579. The molecular formula is C13H20N2O4S. The van der Waals surface area contributed by atoms with Crippen molar-refractivity contribution in [2.24, 2.45) is 0 Å². The van der Waals surface area contributed by atoms with E-state index in [2.05, 4.69) is 5.32 Å². The summed E-state index contributed by atoms with van der Waals surface area (Å²) in [5.41, 5.74) is 0.943. The average molecular weight is 300 g/mol. The van der Waals surface area contributed by atoms with Gasteiger partial charge >= 0.3 is 6.03 Å². The zero-order valence-corrected chi connectivity index (χ0v) is 12.6. The molecule has 1 aromatic heterocycles. The normalized spacial score (nSPS) is 21.4. The van der Waals surface area contributed by atoms with E-state index in [1.54, 1.807) is 13.3 Å². The SMILES string of the molecule is Cc1occc1CN(C)C(=O)NC1CCCS(=O)(=O)C1. The average Bonchev–Trinajstić information content (AvgIpc) is 2.73. The monoisotopic (exact) mass is 300 g/mol. The van der Waals surface area contributed by atoms with Gasteiger partial charge in [-0.05, 0) is 25.8 Å². The second-order valence-electron chi connectivity index (χ2n) is 5.26. The second kappa shape index (κ2) is 5.87. The van der Waals surface area contributed by atoms with Crippen LogP contribution in [0.3, 0.4) is 0 Å². The fourth-order valence-corrected chi connectivity index (χ4v) is 3.96. The second-order valence-corrected chi connectivity index (χ2v) is 7.49. The molecule has 6 nitrogen and oxygen atoms in total. The summed E-state index contributed by atoms with van der Waals surface area (Å²) in [5.74, 6) is 1.05. The Morgan fingerprint density at radius 2 is 2.30 bits per heavy atom. The molecule has 1 N–H and O–H groups in total. The Hall–Kier alpha value is -1.50. The number of hydrogen-bond acceptors (Lipinski definition) is 4. The molecule has 0 saturated carbocycles. The van der Waals surface area contributed by atoms with E-state index in [9.17, 15) is 13.2 Å². The number of amides is 2. The highest BCUT2D eigenvalue weighted by molar-refractivity contribution is 7.91. The molecule has 1 aliphatic heterocycles. The standard InChI is InChI=1S/C13H20N2O4S/c1-10-11(5-6-19-10)8-15(2)13(16)14-12-4-3-7-20(17,18)9-12/h5-6,12H,3-4,7-9H2,1-2H3,(H,14,16). The van der Waals surface area contributed by atoms with Crippen LogP contribution in [0.25, 0.3) is 0 Å². The largest absolute Gasteiger partial charge is 0.469 e. The van der Waals surface area contributed by atoms with Gasteiger partial charge in [-0.1, -0.05) is 0 Å². The predicted molar refractivity (Wildman–Crippen MR) is 75.1 cm³/mol. The lowest BCUT2D eigenvalue weighted by atomic mass is 10.2. The first-order chi connectivity index (χ1) is 9.37. The van der Waals surface area contributed by atoms with Gasteiger partial charge in [-0.15, -0.1) is 0 Å². The highest BCUT2D eigenvalue weighted by atomic mass is 32.2. The first-order valence-electron chi connectivity index (χ1n) is 6.62. The maximum absolute atomic E-state index is 12.0. The van der Waals surface area contributed by atoms with E-state index in [4.69, 9.17) is 4.42 Å². The number of urea groups is 1. The lowest BCUT2D eigenvalue weighted by molar-refractivity contribution is 0.202. The van der Waals surface area contributed by atoms with Crippen molar-refractivity contribution >= 4 is 15.9 Å². The molecule has 0 aliphatic carbocycles. The van der Waals surface area contributed by atoms with Gasteiger partial charge in [-0.25, -0.2) is 13.2 Å². The zero-order chi connectivity index (χ0) is 14.8. The van der Waals surface area contributed by atoms with Crippen LogP contribution in [0.15, 0.2) is 16.7 Å².